The highest BCUT2D eigenvalue weighted by molar-refractivity contribution is 6.09. The zero-order valence-electron chi connectivity index (χ0n) is 14.7. The summed E-state index contributed by atoms with van der Waals surface area (Å²) in [6, 6.07) is 17.3. The lowest BCUT2D eigenvalue weighted by Gasteiger charge is -2.19. The summed E-state index contributed by atoms with van der Waals surface area (Å²) in [5.74, 6) is -0.351. The molecule has 0 aromatic heterocycles. The van der Waals surface area contributed by atoms with Crippen LogP contribution in [-0.4, -0.2) is 16.9 Å². The van der Waals surface area contributed by atoms with Gasteiger partial charge in [-0.05, 0) is 28.2 Å². The summed E-state index contributed by atoms with van der Waals surface area (Å²) in [6.45, 7) is 6.63. The van der Waals surface area contributed by atoms with Crippen molar-refractivity contribution in [2.75, 3.05) is 0 Å². The van der Waals surface area contributed by atoms with Crippen LogP contribution in [0.2, 0.25) is 0 Å². The molecule has 0 unspecified atom stereocenters. The molecule has 1 aliphatic heterocycles. The number of ether oxygens (including phenoxy) is 1. The van der Waals surface area contributed by atoms with E-state index in [2.05, 4.69) is 20.8 Å². The van der Waals surface area contributed by atoms with E-state index >= 15 is 0 Å². The Morgan fingerprint density at radius 2 is 1.60 bits per heavy atom. The van der Waals surface area contributed by atoms with Crippen molar-refractivity contribution < 1.29 is 14.3 Å². The lowest BCUT2D eigenvalue weighted by molar-refractivity contribution is -0.123. The fourth-order valence-electron chi connectivity index (χ4n) is 2.63. The zero-order valence-corrected chi connectivity index (χ0v) is 14.7. The van der Waals surface area contributed by atoms with E-state index in [4.69, 9.17) is 4.74 Å². The van der Waals surface area contributed by atoms with Gasteiger partial charge in [-0.3, -0.25) is 4.79 Å². The van der Waals surface area contributed by atoms with Crippen LogP contribution in [0.25, 0.3) is 6.08 Å². The molecule has 0 atom stereocenters. The van der Waals surface area contributed by atoms with Crippen LogP contribution >= 0.6 is 0 Å². The molecular formula is C21H21NO3. The first-order chi connectivity index (χ1) is 11.8. The molecular weight excluding hydrogens is 314 g/mol. The molecule has 0 radical (unpaired) electrons. The molecule has 4 nitrogen and oxygen atoms in total. The van der Waals surface area contributed by atoms with Gasteiger partial charge in [-0.1, -0.05) is 75.4 Å². The maximum atomic E-state index is 12.5. The third-order valence-electron chi connectivity index (χ3n) is 4.13. The molecule has 4 heteroatoms. The molecule has 128 valence electrons. The largest absolute Gasteiger partial charge is 0.422 e. The van der Waals surface area contributed by atoms with Crippen LogP contribution in [0.15, 0.2) is 60.4 Å². The van der Waals surface area contributed by atoms with E-state index < -0.39 is 12.0 Å². The summed E-state index contributed by atoms with van der Waals surface area (Å²) in [6.07, 6.45) is 0.954. The number of carbonyl (C=O) groups excluding carboxylic acids is 2. The van der Waals surface area contributed by atoms with Gasteiger partial charge < -0.3 is 4.74 Å². The molecule has 0 spiro atoms. The molecule has 2 aromatic carbocycles. The highest BCUT2D eigenvalue weighted by Gasteiger charge is 2.36. The fourth-order valence-corrected chi connectivity index (χ4v) is 2.63. The minimum Gasteiger partial charge on any atom is -0.404 e. The molecule has 0 saturated carbocycles. The Morgan fingerprint density at radius 1 is 0.960 bits per heavy atom. The first kappa shape index (κ1) is 17.0. The maximum Gasteiger partial charge on any atom is 0.422 e. The molecule has 0 N–H and O–H groups in total. The first-order valence-corrected chi connectivity index (χ1v) is 8.24. The van der Waals surface area contributed by atoms with Gasteiger partial charge in [-0.15, -0.1) is 0 Å². The Morgan fingerprint density at radius 3 is 2.20 bits per heavy atom. The number of nitrogens with zero attached hydrogens (tertiary/aromatic N) is 1. The molecule has 0 bridgehead atoms. The van der Waals surface area contributed by atoms with Crippen molar-refractivity contribution in [3.05, 3.63) is 77.0 Å². The monoisotopic (exact) mass is 335 g/mol. The van der Waals surface area contributed by atoms with E-state index in [1.54, 1.807) is 6.08 Å². The van der Waals surface area contributed by atoms with Gasteiger partial charge >= 0.3 is 6.09 Å². The van der Waals surface area contributed by atoms with Crippen molar-refractivity contribution in [2.45, 2.75) is 32.7 Å². The van der Waals surface area contributed by atoms with Crippen LogP contribution in [0.3, 0.4) is 0 Å². The van der Waals surface area contributed by atoms with Gasteiger partial charge in [0.15, 0.2) is 5.76 Å². The van der Waals surface area contributed by atoms with Crippen molar-refractivity contribution >= 4 is 18.1 Å². The zero-order chi connectivity index (χ0) is 18.0. The number of imide groups is 1. The highest BCUT2D eigenvalue weighted by Crippen LogP contribution is 2.25. The van der Waals surface area contributed by atoms with Gasteiger partial charge in [0, 0.05) is 0 Å². The predicted octanol–water partition coefficient (Wildman–Crippen LogP) is 4.50. The average Bonchev–Trinajstić information content (AvgIpc) is 2.83. The van der Waals surface area contributed by atoms with E-state index in [0.717, 1.165) is 16.0 Å². The van der Waals surface area contributed by atoms with E-state index in [9.17, 15) is 9.59 Å². The van der Waals surface area contributed by atoms with Crippen LogP contribution in [0, 0.1) is 0 Å². The van der Waals surface area contributed by atoms with E-state index in [1.807, 2.05) is 54.6 Å². The molecule has 2 aromatic rings. The number of hydrogen-bond donors (Lipinski definition) is 0. The Balaban J connectivity index is 1.76. The van der Waals surface area contributed by atoms with Crippen molar-refractivity contribution in [3.63, 3.8) is 0 Å². The quantitative estimate of drug-likeness (QED) is 0.776. The van der Waals surface area contributed by atoms with Crippen LogP contribution in [-0.2, 0) is 21.5 Å². The number of cyclic esters (lactones) is 1. The number of benzene rings is 2. The predicted molar refractivity (Wildman–Crippen MR) is 96.6 cm³/mol. The highest BCUT2D eigenvalue weighted by atomic mass is 16.6. The second-order valence-corrected chi connectivity index (χ2v) is 7.13. The van der Waals surface area contributed by atoms with Crippen molar-refractivity contribution in [1.82, 2.24) is 4.90 Å². The number of rotatable bonds is 3. The number of hydrogen-bond acceptors (Lipinski definition) is 3. The second-order valence-electron chi connectivity index (χ2n) is 7.13. The van der Waals surface area contributed by atoms with E-state index in [0.29, 0.717) is 0 Å². The Bertz CT molecular complexity index is 814. The molecule has 1 aliphatic rings. The van der Waals surface area contributed by atoms with Crippen molar-refractivity contribution in [2.24, 2.45) is 0 Å². The fraction of sp³-hybridized carbons (Fsp3) is 0.238. The summed E-state index contributed by atoms with van der Waals surface area (Å²) < 4.78 is 5.14. The third kappa shape index (κ3) is 3.79. The van der Waals surface area contributed by atoms with Gasteiger partial charge in [0.05, 0.1) is 6.54 Å². The second kappa shape index (κ2) is 6.55. The molecule has 3 rings (SSSR count). The minimum atomic E-state index is -0.632. The Labute approximate surface area is 147 Å². The SMILES string of the molecule is CC(C)(C)c1ccc(CN2C(=O)O/C(=C\c3ccccc3)C2=O)cc1. The number of carbonyl (C=O) groups is 2. The number of amides is 2. The van der Waals surface area contributed by atoms with E-state index in [1.165, 1.54) is 5.56 Å². The van der Waals surface area contributed by atoms with Gasteiger partial charge in [-0.25, -0.2) is 9.69 Å². The van der Waals surface area contributed by atoms with Crippen LogP contribution in [0.4, 0.5) is 4.79 Å². The van der Waals surface area contributed by atoms with Gasteiger partial charge in [0.25, 0.3) is 5.91 Å². The first-order valence-electron chi connectivity index (χ1n) is 8.24. The molecule has 25 heavy (non-hydrogen) atoms. The van der Waals surface area contributed by atoms with Crippen molar-refractivity contribution in [3.8, 4) is 0 Å². The molecule has 1 fully saturated rings. The lowest BCUT2D eigenvalue weighted by atomic mass is 9.87. The molecule has 1 saturated heterocycles. The van der Waals surface area contributed by atoms with Gasteiger partial charge in [0.2, 0.25) is 0 Å². The molecule has 2 amide bonds. The summed E-state index contributed by atoms with van der Waals surface area (Å²) >= 11 is 0. The topological polar surface area (TPSA) is 46.6 Å². The van der Waals surface area contributed by atoms with E-state index in [-0.39, 0.29) is 17.7 Å². The maximum absolute atomic E-state index is 12.5. The molecule has 1 heterocycles. The van der Waals surface area contributed by atoms with Crippen LogP contribution in [0.5, 0.6) is 0 Å². The normalized spacial score (nSPS) is 16.4. The summed E-state index contributed by atoms with van der Waals surface area (Å²) in [5.41, 5.74) is 2.97. The summed E-state index contributed by atoms with van der Waals surface area (Å²) in [5, 5.41) is 0. The summed E-state index contributed by atoms with van der Waals surface area (Å²) in [4.78, 5) is 25.6. The lowest BCUT2D eigenvalue weighted by Crippen LogP contribution is -2.28. The van der Waals surface area contributed by atoms with Crippen LogP contribution in [0.1, 0.15) is 37.5 Å². The third-order valence-corrected chi connectivity index (χ3v) is 4.13. The Hall–Kier alpha value is -2.88. The van der Waals surface area contributed by atoms with Gasteiger partial charge in [-0.2, -0.15) is 0 Å². The summed E-state index contributed by atoms with van der Waals surface area (Å²) in [7, 11) is 0. The Kier molecular flexibility index (Phi) is 4.45. The van der Waals surface area contributed by atoms with Crippen molar-refractivity contribution in [1.29, 1.82) is 0 Å². The minimum absolute atomic E-state index is 0.0579. The van der Waals surface area contributed by atoms with Crippen LogP contribution < -0.4 is 0 Å². The smallest absolute Gasteiger partial charge is 0.404 e. The van der Waals surface area contributed by atoms with Gasteiger partial charge in [0.1, 0.15) is 0 Å². The average molecular weight is 335 g/mol. The molecule has 0 aliphatic carbocycles. The standard InChI is InChI=1S/C21H21NO3/c1-21(2,3)17-11-9-16(10-12-17)14-22-19(23)18(25-20(22)24)13-15-7-5-4-6-8-15/h4-13H,14H2,1-3H3/b18-13-.